The lowest BCUT2D eigenvalue weighted by Crippen LogP contribution is -2.11. The Labute approximate surface area is 151 Å². The lowest BCUT2D eigenvalue weighted by Gasteiger charge is -2.02. The molecule has 130 valence electrons. The van der Waals surface area contributed by atoms with Crippen LogP contribution in [0.1, 0.15) is 10.4 Å². The van der Waals surface area contributed by atoms with Gasteiger partial charge in [0.25, 0.3) is 5.91 Å². The van der Waals surface area contributed by atoms with Gasteiger partial charge in [-0.05, 0) is 36.4 Å². The standard InChI is InChI=1S/C17H12FN5O2S/c1-25-13-4-2-3-11(9-13)14-20-21-17-23(14)22-16(26-17)19-15(24)10-5-7-12(18)8-6-10/h2-9H,1H3,(H,19,22,24). The van der Waals surface area contributed by atoms with Crippen LogP contribution in [0, 0.1) is 5.82 Å². The zero-order valence-corrected chi connectivity index (χ0v) is 14.3. The van der Waals surface area contributed by atoms with Crippen LogP contribution >= 0.6 is 11.3 Å². The van der Waals surface area contributed by atoms with Crippen LogP contribution in [0.3, 0.4) is 0 Å². The quantitative estimate of drug-likeness (QED) is 0.597. The number of carbonyl (C=O) groups is 1. The number of nitrogens with one attached hydrogen (secondary N) is 1. The average molecular weight is 369 g/mol. The summed E-state index contributed by atoms with van der Waals surface area (Å²) in [5.41, 5.74) is 1.13. The highest BCUT2D eigenvalue weighted by molar-refractivity contribution is 7.20. The molecule has 9 heteroatoms. The van der Waals surface area contributed by atoms with E-state index in [1.165, 1.54) is 35.6 Å². The number of hydrogen-bond acceptors (Lipinski definition) is 6. The zero-order valence-electron chi connectivity index (χ0n) is 13.5. The number of fused-ring (bicyclic) bond motifs is 1. The third-order valence-electron chi connectivity index (χ3n) is 3.65. The van der Waals surface area contributed by atoms with Crippen molar-refractivity contribution < 1.29 is 13.9 Å². The maximum Gasteiger partial charge on any atom is 0.257 e. The van der Waals surface area contributed by atoms with E-state index >= 15 is 0 Å². The number of amides is 1. The van der Waals surface area contributed by atoms with Crippen molar-refractivity contribution in [2.45, 2.75) is 0 Å². The fourth-order valence-corrected chi connectivity index (χ4v) is 3.11. The number of halogens is 1. The molecule has 2 heterocycles. The largest absolute Gasteiger partial charge is 0.497 e. The Kier molecular flexibility index (Phi) is 4.05. The van der Waals surface area contributed by atoms with Crippen molar-refractivity contribution in [3.05, 3.63) is 59.9 Å². The highest BCUT2D eigenvalue weighted by atomic mass is 32.1. The zero-order chi connectivity index (χ0) is 18.1. The predicted molar refractivity (Wildman–Crippen MR) is 95.0 cm³/mol. The van der Waals surface area contributed by atoms with Crippen LogP contribution in [0.4, 0.5) is 9.52 Å². The molecule has 1 amide bonds. The molecule has 0 bridgehead atoms. The van der Waals surface area contributed by atoms with Crippen molar-refractivity contribution in [1.82, 2.24) is 19.8 Å². The number of anilines is 1. The number of methoxy groups -OCH3 is 1. The lowest BCUT2D eigenvalue weighted by molar-refractivity contribution is 0.102. The average Bonchev–Trinajstić information content (AvgIpc) is 3.22. The second kappa shape index (κ2) is 6.52. The van der Waals surface area contributed by atoms with Gasteiger partial charge in [-0.1, -0.05) is 23.5 Å². The van der Waals surface area contributed by atoms with Gasteiger partial charge in [-0.25, -0.2) is 4.39 Å². The Morgan fingerprint density at radius 2 is 2.00 bits per heavy atom. The maximum absolute atomic E-state index is 13.0. The SMILES string of the molecule is COc1cccc(-c2nnc3sc(NC(=O)c4ccc(F)cc4)nn23)c1. The molecule has 0 unspecified atom stereocenters. The Hall–Kier alpha value is -3.33. The summed E-state index contributed by atoms with van der Waals surface area (Å²) in [6.07, 6.45) is 0. The van der Waals surface area contributed by atoms with E-state index in [9.17, 15) is 9.18 Å². The second-order valence-electron chi connectivity index (χ2n) is 5.32. The minimum atomic E-state index is -0.400. The topological polar surface area (TPSA) is 81.4 Å². The number of aromatic nitrogens is 4. The molecule has 0 aliphatic heterocycles. The van der Waals surface area contributed by atoms with E-state index in [2.05, 4.69) is 20.6 Å². The van der Waals surface area contributed by atoms with Gasteiger partial charge in [0.1, 0.15) is 11.6 Å². The number of rotatable bonds is 4. The number of carbonyl (C=O) groups excluding carboxylic acids is 1. The van der Waals surface area contributed by atoms with Crippen molar-refractivity contribution >= 4 is 27.3 Å². The van der Waals surface area contributed by atoms with E-state index in [0.29, 0.717) is 27.2 Å². The predicted octanol–water partition coefficient (Wildman–Crippen LogP) is 3.25. The number of hydrogen-bond donors (Lipinski definition) is 1. The lowest BCUT2D eigenvalue weighted by atomic mass is 10.2. The molecule has 0 saturated carbocycles. The molecule has 0 saturated heterocycles. The van der Waals surface area contributed by atoms with Gasteiger partial charge >= 0.3 is 0 Å². The van der Waals surface area contributed by atoms with Crippen LogP contribution in [0.5, 0.6) is 5.75 Å². The van der Waals surface area contributed by atoms with Crippen LogP contribution in [0.25, 0.3) is 16.3 Å². The fourth-order valence-electron chi connectivity index (χ4n) is 2.38. The van der Waals surface area contributed by atoms with Gasteiger partial charge in [0.2, 0.25) is 10.1 Å². The third-order valence-corrected chi connectivity index (χ3v) is 4.46. The first-order valence-electron chi connectivity index (χ1n) is 7.57. The normalized spacial score (nSPS) is 10.8. The van der Waals surface area contributed by atoms with Crippen LogP contribution in [0.15, 0.2) is 48.5 Å². The summed E-state index contributed by atoms with van der Waals surface area (Å²) in [4.78, 5) is 12.8. The summed E-state index contributed by atoms with van der Waals surface area (Å²) in [5.74, 6) is 0.456. The monoisotopic (exact) mass is 369 g/mol. The van der Waals surface area contributed by atoms with Gasteiger partial charge in [0, 0.05) is 11.1 Å². The van der Waals surface area contributed by atoms with E-state index in [4.69, 9.17) is 4.74 Å². The van der Waals surface area contributed by atoms with Gasteiger partial charge in [0.15, 0.2) is 5.82 Å². The molecule has 0 atom stereocenters. The number of benzene rings is 2. The molecule has 4 rings (SSSR count). The van der Waals surface area contributed by atoms with E-state index in [-0.39, 0.29) is 5.91 Å². The maximum atomic E-state index is 13.0. The Bertz CT molecular complexity index is 1090. The fraction of sp³-hybridized carbons (Fsp3) is 0.0588. The van der Waals surface area contributed by atoms with Crippen molar-refractivity contribution in [2.75, 3.05) is 12.4 Å². The van der Waals surface area contributed by atoms with Crippen molar-refractivity contribution in [3.63, 3.8) is 0 Å². The molecule has 0 radical (unpaired) electrons. The summed E-state index contributed by atoms with van der Waals surface area (Å²) < 4.78 is 19.7. The molecule has 0 spiro atoms. The summed E-state index contributed by atoms with van der Waals surface area (Å²) in [5, 5.41) is 15.6. The molecule has 0 aliphatic rings. The minimum absolute atomic E-state index is 0.338. The Morgan fingerprint density at radius 3 is 2.77 bits per heavy atom. The van der Waals surface area contributed by atoms with Crippen LogP contribution < -0.4 is 10.1 Å². The summed E-state index contributed by atoms with van der Waals surface area (Å²) in [6, 6.07) is 12.7. The first-order chi connectivity index (χ1) is 12.6. The second-order valence-corrected chi connectivity index (χ2v) is 6.27. The number of nitrogens with zero attached hydrogens (tertiary/aromatic N) is 4. The molecule has 0 fully saturated rings. The molecule has 2 aromatic carbocycles. The van der Waals surface area contributed by atoms with Gasteiger partial charge in [0.05, 0.1) is 7.11 Å². The molecule has 26 heavy (non-hydrogen) atoms. The van der Waals surface area contributed by atoms with E-state index in [0.717, 1.165) is 5.56 Å². The molecule has 1 N–H and O–H groups in total. The number of ether oxygens (including phenoxy) is 1. The Balaban J connectivity index is 1.63. The first kappa shape index (κ1) is 16.2. The van der Waals surface area contributed by atoms with Crippen molar-refractivity contribution in [3.8, 4) is 17.1 Å². The van der Waals surface area contributed by atoms with E-state index in [1.807, 2.05) is 24.3 Å². The van der Waals surface area contributed by atoms with E-state index in [1.54, 1.807) is 11.6 Å². The summed E-state index contributed by atoms with van der Waals surface area (Å²) in [6.45, 7) is 0. The van der Waals surface area contributed by atoms with Gasteiger partial charge in [-0.2, -0.15) is 4.52 Å². The molecule has 4 aromatic rings. The molecule has 7 nitrogen and oxygen atoms in total. The first-order valence-corrected chi connectivity index (χ1v) is 8.39. The molecule has 0 aliphatic carbocycles. The minimum Gasteiger partial charge on any atom is -0.497 e. The molecular formula is C17H12FN5O2S. The van der Waals surface area contributed by atoms with Gasteiger partial charge < -0.3 is 4.74 Å². The van der Waals surface area contributed by atoms with Crippen LogP contribution in [-0.4, -0.2) is 32.8 Å². The van der Waals surface area contributed by atoms with E-state index < -0.39 is 5.82 Å². The highest BCUT2D eigenvalue weighted by Gasteiger charge is 2.16. The van der Waals surface area contributed by atoms with Gasteiger partial charge in [-0.15, -0.1) is 15.3 Å². The molecular weight excluding hydrogens is 357 g/mol. The highest BCUT2D eigenvalue weighted by Crippen LogP contribution is 2.26. The van der Waals surface area contributed by atoms with Crippen molar-refractivity contribution in [1.29, 1.82) is 0 Å². The molecule has 2 aromatic heterocycles. The van der Waals surface area contributed by atoms with Gasteiger partial charge in [-0.3, -0.25) is 10.1 Å². The summed E-state index contributed by atoms with van der Waals surface area (Å²) in [7, 11) is 1.59. The Morgan fingerprint density at radius 1 is 1.19 bits per heavy atom. The van der Waals surface area contributed by atoms with Crippen LogP contribution in [-0.2, 0) is 0 Å². The van der Waals surface area contributed by atoms with Crippen LogP contribution in [0.2, 0.25) is 0 Å². The smallest absolute Gasteiger partial charge is 0.257 e. The third kappa shape index (κ3) is 3.00. The summed E-state index contributed by atoms with van der Waals surface area (Å²) >= 11 is 1.19. The van der Waals surface area contributed by atoms with Crippen molar-refractivity contribution in [2.24, 2.45) is 0 Å².